The second-order valence-electron chi connectivity index (χ2n) is 15.0. The lowest BCUT2D eigenvalue weighted by molar-refractivity contribution is -0.207. The molecular formula is C30H52O3. The van der Waals surface area contributed by atoms with Crippen LogP contribution >= 0.6 is 0 Å². The Morgan fingerprint density at radius 3 is 2.09 bits per heavy atom. The third kappa shape index (κ3) is 3.78. The minimum atomic E-state index is -0.658. The van der Waals surface area contributed by atoms with Gasteiger partial charge in [-0.15, -0.1) is 0 Å². The van der Waals surface area contributed by atoms with E-state index in [1.807, 2.05) is 13.8 Å². The van der Waals surface area contributed by atoms with E-state index in [9.17, 15) is 15.0 Å². The molecule has 0 aromatic heterocycles. The lowest BCUT2D eigenvalue weighted by atomic mass is 9.35. The van der Waals surface area contributed by atoms with E-state index in [-0.39, 0.29) is 21.7 Å². The minimum absolute atomic E-state index is 0.186. The van der Waals surface area contributed by atoms with Crippen LogP contribution in [0.1, 0.15) is 126 Å². The van der Waals surface area contributed by atoms with E-state index in [2.05, 4.69) is 41.5 Å². The van der Waals surface area contributed by atoms with Crippen molar-refractivity contribution in [1.82, 2.24) is 0 Å². The molecule has 0 unspecified atom stereocenters. The van der Waals surface area contributed by atoms with Crippen molar-refractivity contribution in [2.75, 3.05) is 0 Å². The molecule has 190 valence electrons. The van der Waals surface area contributed by atoms with Gasteiger partial charge in [0.25, 0.3) is 0 Å². The van der Waals surface area contributed by atoms with Crippen LogP contribution in [0.3, 0.4) is 0 Å². The number of carbonyl (C=O) groups excluding carboxylic acids is 1. The van der Waals surface area contributed by atoms with Crippen LogP contribution in [0.2, 0.25) is 0 Å². The van der Waals surface area contributed by atoms with E-state index >= 15 is 0 Å². The summed E-state index contributed by atoms with van der Waals surface area (Å²) in [5.41, 5.74) is -0.692. The molecule has 0 saturated heterocycles. The van der Waals surface area contributed by atoms with Crippen LogP contribution in [-0.2, 0) is 4.79 Å². The average Bonchev–Trinajstić information content (AvgIpc) is 3.03. The summed E-state index contributed by atoms with van der Waals surface area (Å²) in [6, 6.07) is 0. The fraction of sp³-hybridized carbons (Fsp3) is 0.967. The van der Waals surface area contributed by atoms with Crippen molar-refractivity contribution in [3.05, 3.63) is 0 Å². The Hall–Kier alpha value is -0.410. The van der Waals surface area contributed by atoms with E-state index in [1.165, 1.54) is 32.1 Å². The highest BCUT2D eigenvalue weighted by Crippen LogP contribution is 2.75. The molecule has 3 heteroatoms. The van der Waals surface area contributed by atoms with Gasteiger partial charge in [-0.25, -0.2) is 0 Å². The van der Waals surface area contributed by atoms with Gasteiger partial charge in [-0.05, 0) is 125 Å². The Bertz CT molecular complexity index is 776. The number of rotatable bonds is 5. The van der Waals surface area contributed by atoms with Crippen LogP contribution in [0.4, 0.5) is 0 Å². The normalized spacial score (nSPS) is 46.8. The zero-order valence-electron chi connectivity index (χ0n) is 22.9. The monoisotopic (exact) mass is 460 g/mol. The molecule has 4 saturated carbocycles. The van der Waals surface area contributed by atoms with E-state index in [1.54, 1.807) is 0 Å². The molecule has 3 nitrogen and oxygen atoms in total. The zero-order valence-corrected chi connectivity index (χ0v) is 22.9. The first-order valence-corrected chi connectivity index (χ1v) is 14.0. The first kappa shape index (κ1) is 25.7. The lowest BCUT2D eigenvalue weighted by Gasteiger charge is -2.69. The molecule has 4 fully saturated rings. The van der Waals surface area contributed by atoms with Crippen molar-refractivity contribution >= 4 is 5.78 Å². The zero-order chi connectivity index (χ0) is 24.7. The molecule has 0 aliphatic heterocycles. The Kier molecular flexibility index (Phi) is 6.06. The van der Waals surface area contributed by atoms with Gasteiger partial charge in [-0.2, -0.15) is 0 Å². The fourth-order valence-electron chi connectivity index (χ4n) is 10.4. The molecule has 4 aliphatic rings. The Balaban J connectivity index is 1.58. The number of carbonyl (C=O) groups is 1. The number of ketones is 1. The molecule has 0 spiro atoms. The molecular weight excluding hydrogens is 408 g/mol. The molecule has 33 heavy (non-hydrogen) atoms. The van der Waals surface area contributed by atoms with Crippen molar-refractivity contribution in [1.29, 1.82) is 0 Å². The van der Waals surface area contributed by atoms with Gasteiger partial charge in [0.15, 0.2) is 0 Å². The van der Waals surface area contributed by atoms with Gasteiger partial charge in [-0.1, -0.05) is 34.6 Å². The highest BCUT2D eigenvalue weighted by atomic mass is 16.3. The first-order chi connectivity index (χ1) is 15.0. The molecule has 0 amide bonds. The van der Waals surface area contributed by atoms with Crippen LogP contribution < -0.4 is 0 Å². The van der Waals surface area contributed by atoms with E-state index < -0.39 is 11.2 Å². The number of fused-ring (bicyclic) bond motifs is 5. The summed E-state index contributed by atoms with van der Waals surface area (Å²) in [6.45, 7) is 18.0. The van der Waals surface area contributed by atoms with Crippen molar-refractivity contribution in [3.8, 4) is 0 Å². The topological polar surface area (TPSA) is 57.5 Å². The second-order valence-corrected chi connectivity index (χ2v) is 15.0. The molecule has 4 rings (SSSR count). The molecule has 8 atom stereocenters. The molecule has 0 radical (unpaired) electrons. The maximum atomic E-state index is 12.9. The van der Waals surface area contributed by atoms with E-state index in [0.717, 1.165) is 38.5 Å². The van der Waals surface area contributed by atoms with Crippen molar-refractivity contribution in [2.24, 2.45) is 45.3 Å². The van der Waals surface area contributed by atoms with Crippen molar-refractivity contribution in [2.45, 2.75) is 137 Å². The second kappa shape index (κ2) is 7.79. The summed E-state index contributed by atoms with van der Waals surface area (Å²) < 4.78 is 0. The van der Waals surface area contributed by atoms with Gasteiger partial charge < -0.3 is 10.2 Å². The molecule has 0 heterocycles. The van der Waals surface area contributed by atoms with Gasteiger partial charge >= 0.3 is 0 Å². The third-order valence-corrected chi connectivity index (χ3v) is 12.4. The summed E-state index contributed by atoms with van der Waals surface area (Å²) in [5, 5.41) is 21.8. The Labute approximate surface area is 203 Å². The first-order valence-electron chi connectivity index (χ1n) is 14.0. The number of aliphatic hydroxyl groups is 2. The number of hydrogen-bond acceptors (Lipinski definition) is 3. The standard InChI is InChI=1S/C30H52O3/c1-25(2,32)15-9-16-30(8,33)21-12-18-28(6)20(21)10-11-23-27(5)17-14-24(31)26(3,4)22(27)13-19-29(23,28)7/h20-23,32-33H,9-19H2,1-8H3/t20-,21+,22+,23+,27+,28-,29-,30+/m1/s1. The Morgan fingerprint density at radius 2 is 1.45 bits per heavy atom. The molecule has 0 aromatic rings. The maximum Gasteiger partial charge on any atom is 0.138 e. The highest BCUT2D eigenvalue weighted by molar-refractivity contribution is 5.85. The molecule has 0 aromatic carbocycles. The quantitative estimate of drug-likeness (QED) is 0.467. The van der Waals surface area contributed by atoms with Gasteiger partial charge in [0.1, 0.15) is 5.78 Å². The smallest absolute Gasteiger partial charge is 0.138 e. The molecule has 0 bridgehead atoms. The summed E-state index contributed by atoms with van der Waals surface area (Å²) in [6.07, 6.45) is 11.5. The summed E-state index contributed by atoms with van der Waals surface area (Å²) >= 11 is 0. The predicted octanol–water partition coefficient (Wildman–Crippen LogP) is 6.93. The van der Waals surface area contributed by atoms with Crippen LogP contribution in [-0.4, -0.2) is 27.2 Å². The molecule has 2 N–H and O–H groups in total. The van der Waals surface area contributed by atoms with Gasteiger partial charge in [0.05, 0.1) is 11.2 Å². The maximum absolute atomic E-state index is 12.9. The van der Waals surface area contributed by atoms with Crippen LogP contribution in [0.5, 0.6) is 0 Å². The summed E-state index contributed by atoms with van der Waals surface area (Å²) in [7, 11) is 0. The van der Waals surface area contributed by atoms with E-state index in [0.29, 0.717) is 29.5 Å². The lowest BCUT2D eigenvalue weighted by Crippen LogP contribution is -2.63. The molecule has 4 aliphatic carbocycles. The average molecular weight is 461 g/mol. The predicted molar refractivity (Wildman–Crippen MR) is 135 cm³/mol. The summed E-state index contributed by atoms with van der Waals surface area (Å²) in [5.74, 6) is 2.60. The largest absolute Gasteiger partial charge is 0.390 e. The third-order valence-electron chi connectivity index (χ3n) is 12.4. The van der Waals surface area contributed by atoms with Crippen LogP contribution in [0.15, 0.2) is 0 Å². The minimum Gasteiger partial charge on any atom is -0.390 e. The summed E-state index contributed by atoms with van der Waals surface area (Å²) in [4.78, 5) is 12.9. The van der Waals surface area contributed by atoms with Crippen LogP contribution in [0, 0.1) is 45.3 Å². The van der Waals surface area contributed by atoms with Gasteiger partial charge in [0, 0.05) is 11.8 Å². The SMILES string of the molecule is CC(C)(O)CCC[C@](C)(O)[C@H]1CC[C@]2(C)[C@@H]1CC[C@H]1[C@@]3(C)CCC(=O)C(C)(C)[C@@H]3CC[C@]12C. The number of Topliss-reactive ketones (excluding diaryl/α,β-unsaturated/α-hetero) is 1. The van der Waals surface area contributed by atoms with Crippen molar-refractivity contribution < 1.29 is 15.0 Å². The van der Waals surface area contributed by atoms with Gasteiger partial charge in [0.2, 0.25) is 0 Å². The van der Waals surface area contributed by atoms with Gasteiger partial charge in [-0.3, -0.25) is 4.79 Å². The highest BCUT2D eigenvalue weighted by Gasteiger charge is 2.69. The van der Waals surface area contributed by atoms with E-state index in [4.69, 9.17) is 0 Å². The Morgan fingerprint density at radius 1 is 0.818 bits per heavy atom. The fourth-order valence-corrected chi connectivity index (χ4v) is 10.4. The van der Waals surface area contributed by atoms with Crippen LogP contribution in [0.25, 0.3) is 0 Å². The van der Waals surface area contributed by atoms with Crippen molar-refractivity contribution in [3.63, 3.8) is 0 Å². The number of hydrogen-bond donors (Lipinski definition) is 2.